The lowest BCUT2D eigenvalue weighted by Gasteiger charge is -2.35. The van der Waals surface area contributed by atoms with Crippen molar-refractivity contribution in [2.75, 3.05) is 18.9 Å². The molecule has 216 valence electrons. The van der Waals surface area contributed by atoms with Crippen molar-refractivity contribution < 1.29 is 19.1 Å². The van der Waals surface area contributed by atoms with Crippen LogP contribution >= 0.6 is 23.2 Å². The van der Waals surface area contributed by atoms with Gasteiger partial charge in [-0.25, -0.2) is 4.79 Å². The van der Waals surface area contributed by atoms with Gasteiger partial charge in [-0.05, 0) is 60.4 Å². The number of nitrogens with one attached hydrogen (secondary N) is 1. The largest absolute Gasteiger partial charge is 0.492 e. The van der Waals surface area contributed by atoms with E-state index in [4.69, 9.17) is 44.1 Å². The van der Waals surface area contributed by atoms with Gasteiger partial charge >= 0.3 is 6.09 Å². The number of amides is 2. The molecule has 2 atom stereocenters. The van der Waals surface area contributed by atoms with Crippen LogP contribution in [-0.4, -0.2) is 50.2 Å². The molecule has 4 aromatic rings. The van der Waals surface area contributed by atoms with E-state index in [0.717, 1.165) is 33.8 Å². The number of fused-ring (bicyclic) bond motifs is 3. The van der Waals surface area contributed by atoms with Gasteiger partial charge in [-0.1, -0.05) is 35.9 Å². The molecule has 6 rings (SSSR count). The van der Waals surface area contributed by atoms with Crippen LogP contribution in [0.2, 0.25) is 5.02 Å². The van der Waals surface area contributed by atoms with Gasteiger partial charge < -0.3 is 25.9 Å². The van der Waals surface area contributed by atoms with E-state index in [1.165, 1.54) is 10.9 Å². The first-order valence-electron chi connectivity index (χ1n) is 13.4. The summed E-state index contributed by atoms with van der Waals surface area (Å²) in [5.74, 6) is 0.503. The minimum Gasteiger partial charge on any atom is -0.492 e. The standard InChI is InChI=1S/C30H28Cl2N6O4/c31-18-3-8-21(9-4-18)42-30(40)38-12-11-22-23-15-19(32)5-10-25(23)35-26(22)27(38)17-1-6-20(7-2-17)41-14-13-37-16-24(29(34)39)28(33)36-37/h1-4,6-10,15-16,19,27,35H,5,11-14H2,(H2,33,36)(H2,34,39). The summed E-state index contributed by atoms with van der Waals surface area (Å²) in [6.45, 7) is 1.13. The molecule has 5 N–H and O–H groups in total. The molecule has 0 fully saturated rings. The fourth-order valence-electron chi connectivity index (χ4n) is 5.40. The van der Waals surface area contributed by atoms with Crippen molar-refractivity contribution in [3.63, 3.8) is 0 Å². The predicted octanol–water partition coefficient (Wildman–Crippen LogP) is 3.34. The molecule has 2 aromatic heterocycles. The Morgan fingerprint density at radius 1 is 1.10 bits per heavy atom. The molecule has 3 heterocycles. The molecule has 2 unspecified atom stereocenters. The second kappa shape index (κ2) is 11.5. The number of carbonyl (C=O) groups excluding carboxylic acids is 2. The molecule has 42 heavy (non-hydrogen) atoms. The van der Waals surface area contributed by atoms with Crippen molar-refractivity contribution in [2.45, 2.75) is 30.8 Å². The number of hydrogen-bond donors (Lipinski definition) is 3. The van der Waals surface area contributed by atoms with Gasteiger partial charge in [0.15, 0.2) is 5.82 Å². The molecular formula is C30H28Cl2N6O4. The number of alkyl halides is 1. The van der Waals surface area contributed by atoms with Crippen LogP contribution in [0, 0.1) is 0 Å². The Hall–Kier alpha value is -4.41. The number of primary amides is 1. The van der Waals surface area contributed by atoms with Crippen LogP contribution in [0.25, 0.3) is 12.2 Å². The number of ether oxygens (including phenoxy) is 2. The zero-order valence-corrected chi connectivity index (χ0v) is 23.9. The third-order valence-electron chi connectivity index (χ3n) is 7.39. The van der Waals surface area contributed by atoms with E-state index >= 15 is 0 Å². The summed E-state index contributed by atoms with van der Waals surface area (Å²) < 4.78 is 13.2. The Bertz CT molecular complexity index is 1760. The summed E-state index contributed by atoms with van der Waals surface area (Å²) >= 11 is 12.5. The first-order chi connectivity index (χ1) is 20.3. The van der Waals surface area contributed by atoms with E-state index in [2.05, 4.69) is 22.2 Å². The number of hydrogen-bond acceptors (Lipinski definition) is 6. The zero-order valence-electron chi connectivity index (χ0n) is 22.4. The average molecular weight is 607 g/mol. The van der Waals surface area contributed by atoms with Crippen LogP contribution in [0.1, 0.15) is 39.6 Å². The number of benzene rings is 2. The predicted molar refractivity (Wildman–Crippen MR) is 160 cm³/mol. The van der Waals surface area contributed by atoms with Crippen molar-refractivity contribution in [2.24, 2.45) is 5.73 Å². The summed E-state index contributed by atoms with van der Waals surface area (Å²) in [6.07, 6.45) is 6.63. The molecule has 10 nitrogen and oxygen atoms in total. The monoisotopic (exact) mass is 606 g/mol. The average Bonchev–Trinajstić information content (AvgIpc) is 3.54. The number of H-pyrrole nitrogens is 1. The number of rotatable bonds is 7. The summed E-state index contributed by atoms with van der Waals surface area (Å²) in [4.78, 5) is 30.2. The Morgan fingerprint density at radius 2 is 1.83 bits per heavy atom. The number of aromatic nitrogens is 3. The number of nitrogen functional groups attached to an aromatic ring is 1. The smallest absolute Gasteiger partial charge is 0.416 e. The maximum absolute atomic E-state index is 13.5. The van der Waals surface area contributed by atoms with Gasteiger partial charge in [0.25, 0.3) is 5.91 Å². The Morgan fingerprint density at radius 3 is 2.55 bits per heavy atom. The van der Waals surface area contributed by atoms with E-state index in [0.29, 0.717) is 42.6 Å². The molecule has 2 aromatic carbocycles. The van der Waals surface area contributed by atoms with E-state index in [-0.39, 0.29) is 16.8 Å². The van der Waals surface area contributed by atoms with Crippen LogP contribution in [-0.2, 0) is 13.0 Å². The lowest BCUT2D eigenvalue weighted by Crippen LogP contribution is -2.43. The number of halogens is 2. The van der Waals surface area contributed by atoms with Gasteiger partial charge in [-0.15, -0.1) is 11.6 Å². The van der Waals surface area contributed by atoms with E-state index in [9.17, 15) is 9.59 Å². The van der Waals surface area contributed by atoms with Crippen LogP contribution < -0.4 is 31.5 Å². The van der Waals surface area contributed by atoms with Crippen LogP contribution in [0.3, 0.4) is 0 Å². The molecule has 12 heteroatoms. The molecule has 0 radical (unpaired) electrons. The van der Waals surface area contributed by atoms with Gasteiger partial charge in [-0.3, -0.25) is 14.4 Å². The molecule has 1 aliphatic carbocycles. The maximum atomic E-state index is 13.5. The molecule has 1 aliphatic heterocycles. The lowest BCUT2D eigenvalue weighted by molar-refractivity contribution is 0.100. The highest BCUT2D eigenvalue weighted by Crippen LogP contribution is 2.34. The number of nitrogens with zero attached hydrogens (tertiary/aromatic N) is 3. The number of anilines is 1. The minimum absolute atomic E-state index is 0.0688. The highest BCUT2D eigenvalue weighted by molar-refractivity contribution is 6.30. The van der Waals surface area contributed by atoms with Crippen molar-refractivity contribution in [1.82, 2.24) is 19.7 Å². The highest BCUT2D eigenvalue weighted by atomic mass is 35.5. The Labute approximate surface area is 251 Å². The van der Waals surface area contributed by atoms with Crippen LogP contribution in [0.5, 0.6) is 11.5 Å². The van der Waals surface area contributed by atoms with Crippen molar-refractivity contribution >= 4 is 53.2 Å². The highest BCUT2D eigenvalue weighted by Gasteiger charge is 2.35. The summed E-state index contributed by atoms with van der Waals surface area (Å²) in [7, 11) is 0. The third-order valence-corrected chi connectivity index (χ3v) is 7.94. The Balaban J connectivity index is 1.25. The zero-order chi connectivity index (χ0) is 29.4. The van der Waals surface area contributed by atoms with E-state index in [1.54, 1.807) is 29.2 Å². The van der Waals surface area contributed by atoms with Crippen molar-refractivity contribution in [1.29, 1.82) is 0 Å². The molecular weight excluding hydrogens is 579 g/mol. The van der Waals surface area contributed by atoms with Gasteiger partial charge in [0, 0.05) is 34.0 Å². The number of aromatic amines is 1. The SMILES string of the molecule is NC(=O)c1cn(CCOc2ccc(C3c4[nH]c5c(c4CCN3C(=O)Oc3ccc(Cl)cc3)=CC(Cl)CC=5)cc2)nc1N. The first-order valence-corrected chi connectivity index (χ1v) is 14.2. The maximum Gasteiger partial charge on any atom is 0.416 e. The van der Waals surface area contributed by atoms with Crippen molar-refractivity contribution in [3.8, 4) is 11.5 Å². The van der Waals surface area contributed by atoms with E-state index in [1.807, 2.05) is 24.3 Å². The summed E-state index contributed by atoms with van der Waals surface area (Å²) in [6, 6.07) is 13.9. The molecule has 0 saturated heterocycles. The topological polar surface area (TPSA) is 141 Å². The second-order valence-electron chi connectivity index (χ2n) is 10.1. The Kier molecular flexibility index (Phi) is 7.57. The van der Waals surface area contributed by atoms with Gasteiger partial charge in [-0.2, -0.15) is 5.10 Å². The van der Waals surface area contributed by atoms with Crippen molar-refractivity contribution in [3.05, 3.63) is 92.7 Å². The fraction of sp³-hybridized carbons (Fsp3) is 0.233. The lowest BCUT2D eigenvalue weighted by atomic mass is 9.92. The quantitative estimate of drug-likeness (QED) is 0.275. The molecule has 2 aliphatic rings. The number of nitrogens with two attached hydrogens (primary N) is 2. The second-order valence-corrected chi connectivity index (χ2v) is 11.1. The van der Waals surface area contributed by atoms with Gasteiger partial charge in [0.05, 0.1) is 11.9 Å². The first kappa shape index (κ1) is 27.7. The normalized spacial score (nSPS) is 17.4. The summed E-state index contributed by atoms with van der Waals surface area (Å²) in [5.41, 5.74) is 14.2. The minimum atomic E-state index is -0.631. The summed E-state index contributed by atoms with van der Waals surface area (Å²) in [5, 5.41) is 6.71. The fourth-order valence-corrected chi connectivity index (χ4v) is 5.74. The molecule has 0 spiro atoms. The molecule has 0 saturated carbocycles. The number of carbonyl (C=O) groups is 2. The van der Waals surface area contributed by atoms with Crippen LogP contribution in [0.4, 0.5) is 10.6 Å². The molecule has 0 bridgehead atoms. The van der Waals surface area contributed by atoms with Gasteiger partial charge in [0.2, 0.25) is 0 Å². The van der Waals surface area contributed by atoms with Crippen LogP contribution in [0.15, 0.2) is 54.7 Å². The van der Waals surface area contributed by atoms with E-state index < -0.39 is 18.0 Å². The van der Waals surface area contributed by atoms with Gasteiger partial charge in [0.1, 0.15) is 29.7 Å². The third kappa shape index (κ3) is 5.55. The molecule has 2 amide bonds.